The van der Waals surface area contributed by atoms with Crippen molar-refractivity contribution in [3.05, 3.63) is 59.0 Å². The van der Waals surface area contributed by atoms with Crippen molar-refractivity contribution in [2.75, 3.05) is 0 Å². The van der Waals surface area contributed by atoms with Gasteiger partial charge in [-0.2, -0.15) is 0 Å². The molecule has 0 bridgehead atoms. The summed E-state index contributed by atoms with van der Waals surface area (Å²) in [6.45, 7) is 0.172. The SMILES string of the molecule is O=C(O)c1ccc2nnc(COc3ccc(Cl)cc3)n2c1. The summed E-state index contributed by atoms with van der Waals surface area (Å²) in [6.07, 6.45) is 1.47. The molecule has 0 spiro atoms. The van der Waals surface area contributed by atoms with Gasteiger partial charge in [-0.3, -0.25) is 4.40 Å². The van der Waals surface area contributed by atoms with Crippen molar-refractivity contribution in [2.45, 2.75) is 6.61 Å². The predicted octanol–water partition coefficient (Wildman–Crippen LogP) is 2.66. The Morgan fingerprint density at radius 2 is 1.95 bits per heavy atom. The first-order valence-electron chi connectivity index (χ1n) is 6.09. The number of nitrogens with zero attached hydrogens (tertiary/aromatic N) is 3. The van der Waals surface area contributed by atoms with Crippen LogP contribution >= 0.6 is 11.6 Å². The van der Waals surface area contributed by atoms with E-state index in [1.54, 1.807) is 34.7 Å². The van der Waals surface area contributed by atoms with Crippen LogP contribution in [0.25, 0.3) is 5.65 Å². The molecule has 0 atom stereocenters. The summed E-state index contributed by atoms with van der Waals surface area (Å²) in [4.78, 5) is 11.0. The number of rotatable bonds is 4. The van der Waals surface area contributed by atoms with Gasteiger partial charge in [-0.15, -0.1) is 10.2 Å². The molecule has 106 valence electrons. The number of ether oxygens (including phenoxy) is 1. The Morgan fingerprint density at radius 3 is 2.67 bits per heavy atom. The lowest BCUT2D eigenvalue weighted by Gasteiger charge is -2.05. The monoisotopic (exact) mass is 303 g/mol. The number of fused-ring (bicyclic) bond motifs is 1. The maximum Gasteiger partial charge on any atom is 0.337 e. The first-order chi connectivity index (χ1) is 10.1. The van der Waals surface area contributed by atoms with E-state index in [2.05, 4.69) is 10.2 Å². The van der Waals surface area contributed by atoms with Gasteiger partial charge in [0.2, 0.25) is 0 Å². The van der Waals surface area contributed by atoms with Crippen molar-refractivity contribution >= 4 is 23.2 Å². The lowest BCUT2D eigenvalue weighted by Crippen LogP contribution is -2.04. The van der Waals surface area contributed by atoms with Crippen LogP contribution in [0, 0.1) is 0 Å². The standard InChI is InChI=1S/C14H10ClN3O3/c15-10-2-4-11(5-3-10)21-8-13-17-16-12-6-1-9(14(19)20)7-18(12)13/h1-7H,8H2,(H,19,20). The molecule has 1 N–H and O–H groups in total. The second kappa shape index (κ2) is 5.41. The van der Waals surface area contributed by atoms with Gasteiger partial charge in [0.1, 0.15) is 12.4 Å². The van der Waals surface area contributed by atoms with Crippen molar-refractivity contribution in [3.63, 3.8) is 0 Å². The Balaban J connectivity index is 1.84. The van der Waals surface area contributed by atoms with Crippen LogP contribution in [0.15, 0.2) is 42.6 Å². The Hall–Kier alpha value is -2.60. The molecule has 0 aliphatic carbocycles. The van der Waals surface area contributed by atoms with E-state index in [1.807, 2.05) is 0 Å². The lowest BCUT2D eigenvalue weighted by molar-refractivity contribution is 0.0696. The minimum atomic E-state index is -1.00. The molecule has 0 radical (unpaired) electrons. The van der Waals surface area contributed by atoms with Crippen LogP contribution in [0.3, 0.4) is 0 Å². The summed E-state index contributed by atoms with van der Waals surface area (Å²) in [5.41, 5.74) is 0.727. The van der Waals surface area contributed by atoms with Crippen molar-refractivity contribution in [1.29, 1.82) is 0 Å². The Kier molecular flexibility index (Phi) is 3.45. The van der Waals surface area contributed by atoms with Crippen molar-refractivity contribution in [1.82, 2.24) is 14.6 Å². The van der Waals surface area contributed by atoms with Crippen LogP contribution in [0.2, 0.25) is 5.02 Å². The molecule has 0 amide bonds. The lowest BCUT2D eigenvalue weighted by atomic mass is 10.3. The van der Waals surface area contributed by atoms with E-state index in [4.69, 9.17) is 21.4 Å². The number of carbonyl (C=O) groups is 1. The van der Waals surface area contributed by atoms with Crippen LogP contribution in [0.4, 0.5) is 0 Å². The molecular weight excluding hydrogens is 294 g/mol. The van der Waals surface area contributed by atoms with Gasteiger partial charge < -0.3 is 9.84 Å². The summed E-state index contributed by atoms with van der Waals surface area (Å²) in [7, 11) is 0. The fourth-order valence-corrected chi connectivity index (χ4v) is 1.97. The van der Waals surface area contributed by atoms with Crippen molar-refractivity contribution in [2.24, 2.45) is 0 Å². The maximum absolute atomic E-state index is 11.0. The molecule has 0 fully saturated rings. The summed E-state index contributed by atoms with van der Waals surface area (Å²) in [5.74, 6) is 0.156. The molecule has 2 aromatic heterocycles. The van der Waals surface area contributed by atoms with Crippen LogP contribution in [-0.4, -0.2) is 25.7 Å². The van der Waals surface area contributed by atoms with E-state index < -0.39 is 5.97 Å². The van der Waals surface area contributed by atoms with E-state index >= 15 is 0 Å². The average molecular weight is 304 g/mol. The molecule has 0 unspecified atom stereocenters. The number of halogens is 1. The molecule has 0 saturated heterocycles. The van der Waals surface area contributed by atoms with Gasteiger partial charge in [0.15, 0.2) is 11.5 Å². The first kappa shape index (κ1) is 13.4. The topological polar surface area (TPSA) is 76.7 Å². The number of aromatic carboxylic acids is 1. The summed E-state index contributed by atoms with van der Waals surface area (Å²) < 4.78 is 7.18. The van der Waals surface area contributed by atoms with Crippen LogP contribution in [0.1, 0.15) is 16.2 Å². The highest BCUT2D eigenvalue weighted by atomic mass is 35.5. The van der Waals surface area contributed by atoms with E-state index in [1.165, 1.54) is 12.3 Å². The molecule has 3 aromatic rings. The summed E-state index contributed by atoms with van der Waals surface area (Å²) in [6, 6.07) is 10.0. The molecule has 21 heavy (non-hydrogen) atoms. The number of benzene rings is 1. The summed E-state index contributed by atoms with van der Waals surface area (Å²) >= 11 is 5.80. The zero-order chi connectivity index (χ0) is 14.8. The fourth-order valence-electron chi connectivity index (χ4n) is 1.84. The van der Waals surface area contributed by atoms with E-state index in [0.717, 1.165) is 0 Å². The van der Waals surface area contributed by atoms with Gasteiger partial charge in [0.05, 0.1) is 5.56 Å². The van der Waals surface area contributed by atoms with Crippen LogP contribution < -0.4 is 4.74 Å². The zero-order valence-electron chi connectivity index (χ0n) is 10.7. The highest BCUT2D eigenvalue weighted by Crippen LogP contribution is 2.17. The Bertz CT molecular complexity index is 799. The number of hydrogen-bond donors (Lipinski definition) is 1. The molecule has 2 heterocycles. The third-order valence-electron chi connectivity index (χ3n) is 2.90. The third kappa shape index (κ3) is 2.80. The molecule has 6 nitrogen and oxygen atoms in total. The Labute approximate surface area is 124 Å². The van der Waals surface area contributed by atoms with Gasteiger partial charge >= 0.3 is 5.97 Å². The van der Waals surface area contributed by atoms with E-state index in [0.29, 0.717) is 22.2 Å². The second-order valence-corrected chi connectivity index (χ2v) is 4.75. The highest BCUT2D eigenvalue weighted by molar-refractivity contribution is 6.30. The normalized spacial score (nSPS) is 10.7. The molecule has 0 aliphatic rings. The average Bonchev–Trinajstić information content (AvgIpc) is 2.89. The quantitative estimate of drug-likeness (QED) is 0.802. The highest BCUT2D eigenvalue weighted by Gasteiger charge is 2.10. The van der Waals surface area contributed by atoms with Gasteiger partial charge in [-0.05, 0) is 36.4 Å². The zero-order valence-corrected chi connectivity index (χ0v) is 11.5. The molecule has 0 saturated carbocycles. The minimum absolute atomic E-state index is 0.162. The van der Waals surface area contributed by atoms with Crippen LogP contribution in [0.5, 0.6) is 5.75 Å². The van der Waals surface area contributed by atoms with Gasteiger partial charge in [-0.1, -0.05) is 11.6 Å². The number of carboxylic acid groups (broad SMARTS) is 1. The maximum atomic E-state index is 11.0. The number of pyridine rings is 1. The van der Waals surface area contributed by atoms with Gasteiger partial charge in [0.25, 0.3) is 0 Å². The predicted molar refractivity (Wildman–Crippen MR) is 75.7 cm³/mol. The van der Waals surface area contributed by atoms with E-state index in [-0.39, 0.29) is 12.2 Å². The Morgan fingerprint density at radius 1 is 1.19 bits per heavy atom. The number of hydrogen-bond acceptors (Lipinski definition) is 4. The molecule has 3 rings (SSSR count). The molecule has 1 aromatic carbocycles. The molecular formula is C14H10ClN3O3. The molecule has 7 heteroatoms. The minimum Gasteiger partial charge on any atom is -0.486 e. The smallest absolute Gasteiger partial charge is 0.337 e. The summed E-state index contributed by atoms with van der Waals surface area (Å²) in [5, 5.41) is 17.6. The second-order valence-electron chi connectivity index (χ2n) is 4.31. The van der Waals surface area contributed by atoms with Crippen LogP contribution in [-0.2, 0) is 6.61 Å². The third-order valence-corrected chi connectivity index (χ3v) is 3.15. The van der Waals surface area contributed by atoms with E-state index in [9.17, 15) is 4.79 Å². The number of carboxylic acids is 1. The largest absolute Gasteiger partial charge is 0.486 e. The van der Waals surface area contributed by atoms with Gasteiger partial charge in [-0.25, -0.2) is 4.79 Å². The van der Waals surface area contributed by atoms with Crippen molar-refractivity contribution in [3.8, 4) is 5.75 Å². The van der Waals surface area contributed by atoms with Crippen molar-refractivity contribution < 1.29 is 14.6 Å². The number of aromatic nitrogens is 3. The first-order valence-corrected chi connectivity index (χ1v) is 6.46. The van der Waals surface area contributed by atoms with Gasteiger partial charge in [0, 0.05) is 11.2 Å². The fraction of sp³-hybridized carbons (Fsp3) is 0.0714. The molecule has 0 aliphatic heterocycles.